The van der Waals surface area contributed by atoms with Gasteiger partial charge in [0.2, 0.25) is 5.91 Å². The Morgan fingerprint density at radius 2 is 1.73 bits per heavy atom. The second kappa shape index (κ2) is 9.49. The lowest BCUT2D eigenvalue weighted by Gasteiger charge is -2.41. The molecule has 5 rings (SSSR count). The van der Waals surface area contributed by atoms with Crippen LogP contribution in [0.2, 0.25) is 0 Å². The summed E-state index contributed by atoms with van der Waals surface area (Å²) in [6, 6.07) is 22.3. The predicted molar refractivity (Wildman–Crippen MR) is 128 cm³/mol. The monoisotopic (exact) mass is 444 g/mol. The summed E-state index contributed by atoms with van der Waals surface area (Å²) in [6.07, 6.45) is 4.34. The summed E-state index contributed by atoms with van der Waals surface area (Å²) >= 11 is 0. The summed E-state index contributed by atoms with van der Waals surface area (Å²) < 4.78 is 1.90. The van der Waals surface area contributed by atoms with Gasteiger partial charge in [-0.15, -0.1) is 0 Å². The minimum absolute atomic E-state index is 0.000597. The number of aromatic nitrogens is 2. The molecule has 0 bridgehead atoms. The SMILES string of the molecule is O=C([C@@H]1CCNC[C@H]1c1ccccc1)N1CCC(O)(Cc2ccnn2-c2ccccc2)CC1. The molecule has 3 aromatic rings. The van der Waals surface area contributed by atoms with Gasteiger partial charge < -0.3 is 15.3 Å². The van der Waals surface area contributed by atoms with Crippen molar-refractivity contribution in [1.29, 1.82) is 0 Å². The third kappa shape index (κ3) is 4.72. The van der Waals surface area contributed by atoms with Crippen molar-refractivity contribution in [2.75, 3.05) is 26.2 Å². The topological polar surface area (TPSA) is 70.4 Å². The lowest BCUT2D eigenvalue weighted by Crippen LogP contribution is -2.51. The molecule has 6 heteroatoms. The summed E-state index contributed by atoms with van der Waals surface area (Å²) in [5.41, 5.74) is 2.39. The number of piperidine rings is 2. The van der Waals surface area contributed by atoms with Crippen molar-refractivity contribution in [3.63, 3.8) is 0 Å². The Kier molecular flexibility index (Phi) is 6.29. The average Bonchev–Trinajstić information content (AvgIpc) is 3.32. The van der Waals surface area contributed by atoms with E-state index in [4.69, 9.17) is 0 Å². The Hall–Kier alpha value is -2.96. The van der Waals surface area contributed by atoms with Gasteiger partial charge in [-0.3, -0.25) is 4.79 Å². The first kappa shape index (κ1) is 21.9. The first-order valence-corrected chi connectivity index (χ1v) is 12.0. The Morgan fingerprint density at radius 3 is 2.45 bits per heavy atom. The third-order valence-corrected chi connectivity index (χ3v) is 7.26. The molecule has 0 saturated carbocycles. The molecule has 0 radical (unpaired) electrons. The molecule has 172 valence electrons. The fourth-order valence-corrected chi connectivity index (χ4v) is 5.36. The van der Waals surface area contributed by atoms with Crippen molar-refractivity contribution in [3.05, 3.63) is 84.2 Å². The summed E-state index contributed by atoms with van der Waals surface area (Å²) in [7, 11) is 0. The van der Waals surface area contributed by atoms with Gasteiger partial charge in [0.05, 0.1) is 11.3 Å². The van der Waals surface area contributed by atoms with Gasteiger partial charge in [-0.25, -0.2) is 4.68 Å². The standard InChI is InChI=1S/C27H32N4O2/c32-26(24-12-15-28-20-25(24)21-7-3-1-4-8-21)30-17-13-27(33,14-18-30)19-23-11-16-29-31(23)22-9-5-2-6-10-22/h1-11,16,24-25,28,33H,12-15,17-20H2/t24-,25+/m1/s1. The molecule has 2 aliphatic rings. The van der Waals surface area contributed by atoms with Crippen LogP contribution in [0.5, 0.6) is 0 Å². The first-order valence-electron chi connectivity index (χ1n) is 12.0. The number of likely N-dealkylation sites (tertiary alicyclic amines) is 1. The van der Waals surface area contributed by atoms with Crippen molar-refractivity contribution in [1.82, 2.24) is 20.0 Å². The lowest BCUT2D eigenvalue weighted by molar-refractivity contribution is -0.141. The fraction of sp³-hybridized carbons (Fsp3) is 0.407. The number of carbonyl (C=O) groups is 1. The van der Waals surface area contributed by atoms with Crippen LogP contribution in [0.4, 0.5) is 0 Å². The van der Waals surface area contributed by atoms with Crippen molar-refractivity contribution in [2.24, 2.45) is 5.92 Å². The molecule has 33 heavy (non-hydrogen) atoms. The van der Waals surface area contributed by atoms with E-state index in [9.17, 15) is 9.90 Å². The molecule has 2 aromatic carbocycles. The van der Waals surface area contributed by atoms with E-state index < -0.39 is 5.60 Å². The Balaban J connectivity index is 1.24. The van der Waals surface area contributed by atoms with Crippen molar-refractivity contribution < 1.29 is 9.90 Å². The van der Waals surface area contributed by atoms with E-state index in [-0.39, 0.29) is 17.7 Å². The first-order chi connectivity index (χ1) is 16.1. The molecule has 2 saturated heterocycles. The number of hydrogen-bond donors (Lipinski definition) is 2. The maximum Gasteiger partial charge on any atom is 0.226 e. The van der Waals surface area contributed by atoms with Crippen molar-refractivity contribution in [3.8, 4) is 5.69 Å². The third-order valence-electron chi connectivity index (χ3n) is 7.26. The number of nitrogens with one attached hydrogen (secondary N) is 1. The minimum atomic E-state index is -0.823. The molecule has 2 atom stereocenters. The fourth-order valence-electron chi connectivity index (χ4n) is 5.36. The van der Waals surface area contributed by atoms with E-state index in [1.807, 2.05) is 64.2 Å². The van der Waals surface area contributed by atoms with Crippen molar-refractivity contribution in [2.45, 2.75) is 37.2 Å². The van der Waals surface area contributed by atoms with Crippen molar-refractivity contribution >= 4 is 5.91 Å². The predicted octanol–water partition coefficient (Wildman–Crippen LogP) is 3.16. The zero-order valence-corrected chi connectivity index (χ0v) is 18.9. The molecule has 2 aliphatic heterocycles. The van der Waals surface area contributed by atoms with E-state index >= 15 is 0 Å². The van der Waals surface area contributed by atoms with Crippen LogP contribution in [-0.2, 0) is 11.2 Å². The largest absolute Gasteiger partial charge is 0.389 e. The van der Waals surface area contributed by atoms with E-state index in [2.05, 4.69) is 22.5 Å². The van der Waals surface area contributed by atoms with Crippen LogP contribution in [0.3, 0.4) is 0 Å². The van der Waals surface area contributed by atoms with Crippen LogP contribution in [0, 0.1) is 5.92 Å². The molecule has 0 aliphatic carbocycles. The average molecular weight is 445 g/mol. The number of benzene rings is 2. The lowest BCUT2D eigenvalue weighted by atomic mass is 9.79. The highest BCUT2D eigenvalue weighted by Gasteiger charge is 2.39. The van der Waals surface area contributed by atoms with Crippen LogP contribution in [0.25, 0.3) is 5.69 Å². The van der Waals surface area contributed by atoms with E-state index in [1.165, 1.54) is 5.56 Å². The molecule has 1 amide bonds. The highest BCUT2D eigenvalue weighted by Crippen LogP contribution is 2.33. The Bertz CT molecular complexity index is 1060. The molecule has 1 aromatic heterocycles. The van der Waals surface area contributed by atoms with Crippen LogP contribution in [-0.4, -0.2) is 57.5 Å². The summed E-state index contributed by atoms with van der Waals surface area (Å²) in [4.78, 5) is 15.5. The number of rotatable bonds is 5. The molecular formula is C27H32N4O2. The zero-order valence-electron chi connectivity index (χ0n) is 18.9. The van der Waals surface area contributed by atoms with Gasteiger partial charge in [-0.1, -0.05) is 48.5 Å². The molecule has 2 N–H and O–H groups in total. The maximum atomic E-state index is 13.5. The quantitative estimate of drug-likeness (QED) is 0.634. The van der Waals surface area contributed by atoms with Gasteiger partial charge in [0.25, 0.3) is 0 Å². The number of amides is 1. The molecule has 2 fully saturated rings. The maximum absolute atomic E-state index is 13.5. The summed E-state index contributed by atoms with van der Waals surface area (Å²) in [5, 5.41) is 19.3. The number of aliphatic hydroxyl groups is 1. The molecule has 6 nitrogen and oxygen atoms in total. The van der Waals surface area contributed by atoms with Gasteiger partial charge >= 0.3 is 0 Å². The molecule has 0 spiro atoms. The Labute approximate surface area is 195 Å². The second-order valence-corrected chi connectivity index (χ2v) is 9.41. The number of hydrogen-bond acceptors (Lipinski definition) is 4. The molecule has 0 unspecified atom stereocenters. The zero-order chi connectivity index (χ0) is 22.7. The van der Waals surface area contributed by atoms with Crippen LogP contribution < -0.4 is 5.32 Å². The summed E-state index contributed by atoms with van der Waals surface area (Å²) in [5.74, 6) is 0.439. The highest BCUT2D eigenvalue weighted by atomic mass is 16.3. The van der Waals surface area contributed by atoms with Gasteiger partial charge in [-0.05, 0) is 49.6 Å². The number of carbonyl (C=O) groups excluding carboxylic acids is 1. The van der Waals surface area contributed by atoms with E-state index in [0.29, 0.717) is 32.4 Å². The van der Waals surface area contributed by atoms with Gasteiger partial charge in [0, 0.05) is 49.8 Å². The minimum Gasteiger partial charge on any atom is -0.389 e. The number of para-hydroxylation sites is 1. The van der Waals surface area contributed by atoms with E-state index in [1.54, 1.807) is 6.20 Å². The summed E-state index contributed by atoms with van der Waals surface area (Å²) in [6.45, 7) is 2.91. The Morgan fingerprint density at radius 1 is 1.03 bits per heavy atom. The van der Waals surface area contributed by atoms with Gasteiger partial charge in [-0.2, -0.15) is 5.10 Å². The normalized spacial score (nSPS) is 22.8. The van der Waals surface area contributed by atoms with Crippen LogP contribution in [0.15, 0.2) is 72.9 Å². The van der Waals surface area contributed by atoms with Gasteiger partial charge in [0.15, 0.2) is 0 Å². The highest BCUT2D eigenvalue weighted by molar-refractivity contribution is 5.80. The smallest absolute Gasteiger partial charge is 0.226 e. The van der Waals surface area contributed by atoms with Crippen LogP contribution >= 0.6 is 0 Å². The molecular weight excluding hydrogens is 412 g/mol. The van der Waals surface area contributed by atoms with Gasteiger partial charge in [0.1, 0.15) is 0 Å². The number of nitrogens with zero attached hydrogens (tertiary/aromatic N) is 3. The molecule has 3 heterocycles. The van der Waals surface area contributed by atoms with Crippen LogP contribution in [0.1, 0.15) is 36.4 Å². The second-order valence-electron chi connectivity index (χ2n) is 9.41. The van der Waals surface area contributed by atoms with E-state index in [0.717, 1.165) is 30.9 Å².